The zero-order valence-electron chi connectivity index (χ0n) is 15.1. The molecule has 2 aromatic rings. The van der Waals surface area contributed by atoms with Crippen LogP contribution in [0.5, 0.6) is 11.5 Å². The van der Waals surface area contributed by atoms with Crippen LogP contribution in [-0.4, -0.2) is 31.1 Å². The van der Waals surface area contributed by atoms with Crippen molar-refractivity contribution in [1.82, 2.24) is 0 Å². The Balaban J connectivity index is 1.63. The van der Waals surface area contributed by atoms with Gasteiger partial charge in [-0.3, -0.25) is 4.79 Å². The van der Waals surface area contributed by atoms with Gasteiger partial charge >= 0.3 is 0 Å². The van der Waals surface area contributed by atoms with E-state index in [0.29, 0.717) is 28.8 Å². The molecular weight excluding hydrogens is 370 g/mol. The van der Waals surface area contributed by atoms with Crippen LogP contribution in [0.15, 0.2) is 42.5 Å². The fraction of sp³-hybridized carbons (Fsp3) is 0.350. The molecule has 2 rings (SSSR count). The Bertz CT molecular complexity index is 710. The number of amides is 1. The second-order valence-electron chi connectivity index (χ2n) is 5.77. The Morgan fingerprint density at radius 2 is 1.96 bits per heavy atom. The topological polar surface area (TPSA) is 47.6 Å². The van der Waals surface area contributed by atoms with Gasteiger partial charge in [0.1, 0.15) is 11.5 Å². The van der Waals surface area contributed by atoms with Crippen molar-refractivity contribution in [3.05, 3.63) is 53.1 Å². The number of hydrogen-bond acceptors (Lipinski definition) is 4. The average Bonchev–Trinajstić information content (AvgIpc) is 2.64. The number of aryl methyl sites for hydroxylation is 1. The number of unbranched alkanes of at least 4 members (excludes halogenated alkanes) is 1. The highest BCUT2D eigenvalue weighted by atomic mass is 35.5. The average molecular weight is 394 g/mol. The minimum Gasteiger partial charge on any atom is -0.495 e. The summed E-state index contributed by atoms with van der Waals surface area (Å²) in [4.78, 5) is 12.1. The van der Waals surface area contributed by atoms with Gasteiger partial charge in [0.15, 0.2) is 0 Å². The molecule has 0 saturated carbocycles. The molecule has 0 radical (unpaired) electrons. The lowest BCUT2D eigenvalue weighted by Crippen LogP contribution is -2.15. The van der Waals surface area contributed by atoms with Crippen molar-refractivity contribution in [3.8, 4) is 11.5 Å². The molecule has 0 aromatic heterocycles. The number of carbonyl (C=O) groups is 1. The summed E-state index contributed by atoms with van der Waals surface area (Å²) in [6.45, 7) is 2.59. The van der Waals surface area contributed by atoms with E-state index in [1.807, 2.05) is 43.3 Å². The normalized spacial score (nSPS) is 10.4. The van der Waals surface area contributed by atoms with Gasteiger partial charge in [-0.05, 0) is 49.3 Å². The van der Waals surface area contributed by atoms with E-state index in [1.165, 1.54) is 0 Å². The molecule has 0 aliphatic heterocycles. The van der Waals surface area contributed by atoms with Gasteiger partial charge in [0, 0.05) is 11.1 Å². The maximum atomic E-state index is 12.1. The number of methoxy groups -OCH3 is 1. The molecular formula is C20H24ClNO3S. The quantitative estimate of drug-likeness (QED) is 0.564. The lowest BCUT2D eigenvalue weighted by Gasteiger charge is -2.12. The van der Waals surface area contributed by atoms with Crippen LogP contribution in [-0.2, 0) is 4.79 Å². The summed E-state index contributed by atoms with van der Waals surface area (Å²) in [5.41, 5.74) is 1.55. The third kappa shape index (κ3) is 6.81. The summed E-state index contributed by atoms with van der Waals surface area (Å²) in [7, 11) is 1.56. The number of halogens is 1. The molecule has 0 spiro atoms. The van der Waals surface area contributed by atoms with E-state index in [1.54, 1.807) is 24.9 Å². The highest BCUT2D eigenvalue weighted by molar-refractivity contribution is 7.99. The molecule has 0 aliphatic rings. The van der Waals surface area contributed by atoms with Crippen LogP contribution in [0.1, 0.15) is 18.4 Å². The van der Waals surface area contributed by atoms with E-state index < -0.39 is 0 Å². The van der Waals surface area contributed by atoms with Crippen LogP contribution in [0.2, 0.25) is 5.02 Å². The number of anilines is 1. The van der Waals surface area contributed by atoms with E-state index in [4.69, 9.17) is 21.1 Å². The Morgan fingerprint density at radius 1 is 1.19 bits per heavy atom. The number of hydrogen-bond donors (Lipinski definition) is 1. The molecule has 26 heavy (non-hydrogen) atoms. The number of ether oxygens (including phenoxy) is 2. The summed E-state index contributed by atoms with van der Waals surface area (Å²) >= 11 is 7.69. The fourth-order valence-corrected chi connectivity index (χ4v) is 3.26. The summed E-state index contributed by atoms with van der Waals surface area (Å²) < 4.78 is 10.9. The molecule has 140 valence electrons. The fourth-order valence-electron chi connectivity index (χ4n) is 2.29. The first kappa shape index (κ1) is 20.5. The van der Waals surface area contributed by atoms with Crippen LogP contribution in [0.25, 0.3) is 0 Å². The third-order valence-corrected chi connectivity index (χ3v) is 5.13. The summed E-state index contributed by atoms with van der Waals surface area (Å²) in [6.07, 6.45) is 1.97. The third-order valence-electron chi connectivity index (χ3n) is 3.68. The van der Waals surface area contributed by atoms with Gasteiger partial charge in [-0.1, -0.05) is 29.8 Å². The summed E-state index contributed by atoms with van der Waals surface area (Å²) in [6, 6.07) is 13.3. The van der Waals surface area contributed by atoms with Gasteiger partial charge in [0.2, 0.25) is 5.91 Å². The van der Waals surface area contributed by atoms with E-state index in [2.05, 4.69) is 5.32 Å². The SMILES string of the molecule is COc1cc(Cl)c(C)cc1NC(=O)CSCCCCOc1ccccc1. The maximum Gasteiger partial charge on any atom is 0.234 e. The zero-order chi connectivity index (χ0) is 18.8. The van der Waals surface area contributed by atoms with Crippen molar-refractivity contribution < 1.29 is 14.3 Å². The smallest absolute Gasteiger partial charge is 0.234 e. The van der Waals surface area contributed by atoms with Crippen molar-refractivity contribution in [1.29, 1.82) is 0 Å². The van der Waals surface area contributed by atoms with E-state index in [-0.39, 0.29) is 5.91 Å². The molecule has 0 unspecified atom stereocenters. The molecule has 0 atom stereocenters. The van der Waals surface area contributed by atoms with Crippen LogP contribution in [0.3, 0.4) is 0 Å². The molecule has 4 nitrogen and oxygen atoms in total. The number of benzene rings is 2. The van der Waals surface area contributed by atoms with Gasteiger partial charge in [0.25, 0.3) is 0 Å². The predicted octanol–water partition coefficient (Wildman–Crippen LogP) is 5.19. The molecule has 0 fully saturated rings. The monoisotopic (exact) mass is 393 g/mol. The minimum absolute atomic E-state index is 0.0458. The first-order chi connectivity index (χ1) is 12.6. The van der Waals surface area contributed by atoms with Crippen molar-refractivity contribution >= 4 is 35.0 Å². The lowest BCUT2D eigenvalue weighted by atomic mass is 10.2. The second-order valence-corrected chi connectivity index (χ2v) is 7.28. The number of carbonyl (C=O) groups excluding carboxylic acids is 1. The Hall–Kier alpha value is -1.85. The van der Waals surface area contributed by atoms with Gasteiger partial charge in [-0.25, -0.2) is 0 Å². The lowest BCUT2D eigenvalue weighted by molar-refractivity contribution is -0.113. The second kappa shape index (κ2) is 11.0. The van der Waals surface area contributed by atoms with Gasteiger partial charge in [-0.15, -0.1) is 0 Å². The van der Waals surface area contributed by atoms with Crippen LogP contribution in [0.4, 0.5) is 5.69 Å². The maximum absolute atomic E-state index is 12.1. The molecule has 1 N–H and O–H groups in total. The largest absolute Gasteiger partial charge is 0.495 e. The van der Waals surface area contributed by atoms with Crippen LogP contribution in [0, 0.1) is 6.92 Å². The van der Waals surface area contributed by atoms with Gasteiger partial charge < -0.3 is 14.8 Å². The Kier molecular flexibility index (Phi) is 8.65. The number of para-hydroxylation sites is 1. The highest BCUT2D eigenvalue weighted by Gasteiger charge is 2.10. The van der Waals surface area contributed by atoms with Crippen LogP contribution >= 0.6 is 23.4 Å². The first-order valence-electron chi connectivity index (χ1n) is 8.49. The molecule has 6 heteroatoms. The highest BCUT2D eigenvalue weighted by Crippen LogP contribution is 2.31. The summed E-state index contributed by atoms with van der Waals surface area (Å²) in [5, 5.41) is 3.50. The van der Waals surface area contributed by atoms with Crippen LogP contribution < -0.4 is 14.8 Å². The van der Waals surface area contributed by atoms with Crippen molar-refractivity contribution in [3.63, 3.8) is 0 Å². The molecule has 0 bridgehead atoms. The number of nitrogens with one attached hydrogen (secondary N) is 1. The zero-order valence-corrected chi connectivity index (χ0v) is 16.7. The molecule has 0 saturated heterocycles. The van der Waals surface area contributed by atoms with Crippen molar-refractivity contribution in [2.24, 2.45) is 0 Å². The number of thioether (sulfide) groups is 1. The first-order valence-corrected chi connectivity index (χ1v) is 10.0. The molecule has 0 heterocycles. The Morgan fingerprint density at radius 3 is 2.69 bits per heavy atom. The van der Waals surface area contributed by atoms with E-state index >= 15 is 0 Å². The molecule has 0 aliphatic carbocycles. The van der Waals surface area contributed by atoms with E-state index in [0.717, 1.165) is 29.9 Å². The van der Waals surface area contributed by atoms with Crippen molar-refractivity contribution in [2.45, 2.75) is 19.8 Å². The molecule has 1 amide bonds. The Labute approximate surface area is 164 Å². The minimum atomic E-state index is -0.0458. The standard InChI is InChI=1S/C20H24ClNO3S/c1-15-12-18(19(24-2)13-17(15)21)22-20(23)14-26-11-7-6-10-25-16-8-4-3-5-9-16/h3-5,8-9,12-13H,6-7,10-11,14H2,1-2H3,(H,22,23). The van der Waals surface area contributed by atoms with E-state index in [9.17, 15) is 4.79 Å². The summed E-state index contributed by atoms with van der Waals surface area (Å²) in [5.74, 6) is 2.74. The van der Waals surface area contributed by atoms with Gasteiger partial charge in [0.05, 0.1) is 25.2 Å². The predicted molar refractivity (Wildman–Crippen MR) is 110 cm³/mol. The molecule has 2 aromatic carbocycles. The van der Waals surface area contributed by atoms with Crippen molar-refractivity contribution in [2.75, 3.05) is 30.5 Å². The number of rotatable bonds is 10. The van der Waals surface area contributed by atoms with Gasteiger partial charge in [-0.2, -0.15) is 11.8 Å².